The van der Waals surface area contributed by atoms with Crippen LogP contribution in [0.25, 0.3) is 63.6 Å². The highest BCUT2D eigenvalue weighted by molar-refractivity contribution is 7.26. The van der Waals surface area contributed by atoms with Crippen molar-refractivity contribution in [1.29, 1.82) is 0 Å². The van der Waals surface area contributed by atoms with E-state index in [1.54, 1.807) is 0 Å². The molecule has 0 saturated heterocycles. The van der Waals surface area contributed by atoms with Crippen molar-refractivity contribution in [2.45, 2.75) is 0 Å². The van der Waals surface area contributed by atoms with Crippen molar-refractivity contribution < 1.29 is 0 Å². The highest BCUT2D eigenvalue weighted by Gasteiger charge is 2.20. The molecule has 9 aromatic rings. The molecule has 0 bridgehead atoms. The lowest BCUT2D eigenvalue weighted by Gasteiger charge is -2.27. The van der Waals surface area contributed by atoms with Crippen molar-refractivity contribution in [3.63, 3.8) is 0 Å². The smallest absolute Gasteiger partial charge is 0.0554 e. The van der Waals surface area contributed by atoms with Gasteiger partial charge in [0.2, 0.25) is 0 Å². The third-order valence-corrected chi connectivity index (χ3v) is 9.95. The summed E-state index contributed by atoms with van der Waals surface area (Å²) < 4.78 is 2.61. The average molecular weight is 578 g/mol. The lowest BCUT2D eigenvalue weighted by molar-refractivity contribution is 1.31. The predicted octanol–water partition coefficient (Wildman–Crippen LogP) is 12.7. The van der Waals surface area contributed by atoms with Crippen molar-refractivity contribution >= 4 is 80.9 Å². The molecule has 9 rings (SSSR count). The summed E-state index contributed by atoms with van der Waals surface area (Å²) in [6.45, 7) is 0. The summed E-state index contributed by atoms with van der Waals surface area (Å²) in [5.74, 6) is 0. The number of fused-ring (bicyclic) bond motifs is 9. The van der Waals surface area contributed by atoms with Crippen LogP contribution in [0.3, 0.4) is 0 Å². The van der Waals surface area contributed by atoms with Crippen molar-refractivity contribution in [3.8, 4) is 11.1 Å². The van der Waals surface area contributed by atoms with Gasteiger partial charge in [0.15, 0.2) is 0 Å². The van der Waals surface area contributed by atoms with Gasteiger partial charge in [0.25, 0.3) is 0 Å². The second-order valence-corrected chi connectivity index (χ2v) is 12.4. The molecule has 0 fully saturated rings. The van der Waals surface area contributed by atoms with Crippen molar-refractivity contribution in [3.05, 3.63) is 164 Å². The third-order valence-electron chi connectivity index (χ3n) is 8.82. The fourth-order valence-corrected chi connectivity index (χ4v) is 7.99. The Balaban J connectivity index is 1.36. The number of benzene rings is 8. The largest absolute Gasteiger partial charge is 0.310 e. The molecular weight excluding hydrogens is 551 g/mol. The summed E-state index contributed by atoms with van der Waals surface area (Å²) in [5.41, 5.74) is 5.89. The van der Waals surface area contributed by atoms with Crippen LogP contribution < -0.4 is 4.90 Å². The van der Waals surface area contributed by atoms with Crippen LogP contribution in [0.15, 0.2) is 164 Å². The highest BCUT2D eigenvalue weighted by atomic mass is 32.1. The number of hydrogen-bond donors (Lipinski definition) is 0. The normalized spacial score (nSPS) is 11.6. The fraction of sp³-hybridized carbons (Fsp3) is 0. The molecule has 0 atom stereocenters. The monoisotopic (exact) mass is 577 g/mol. The van der Waals surface area contributed by atoms with Crippen LogP contribution in [0.1, 0.15) is 0 Å². The van der Waals surface area contributed by atoms with Crippen molar-refractivity contribution in [1.82, 2.24) is 0 Å². The van der Waals surface area contributed by atoms with Crippen LogP contribution in [0, 0.1) is 0 Å². The summed E-state index contributed by atoms with van der Waals surface area (Å²) in [4.78, 5) is 2.46. The summed E-state index contributed by atoms with van der Waals surface area (Å²) >= 11 is 1.86. The van der Waals surface area contributed by atoms with Crippen LogP contribution in [-0.2, 0) is 0 Å². The maximum atomic E-state index is 2.46. The Labute approximate surface area is 259 Å². The quantitative estimate of drug-likeness (QED) is 0.188. The van der Waals surface area contributed by atoms with Gasteiger partial charge >= 0.3 is 0 Å². The number of nitrogens with zero attached hydrogens (tertiary/aromatic N) is 1. The molecule has 0 aliphatic heterocycles. The second-order valence-electron chi connectivity index (χ2n) is 11.3. The Morgan fingerprint density at radius 2 is 0.886 bits per heavy atom. The van der Waals surface area contributed by atoms with E-state index in [0.717, 1.165) is 11.4 Å². The minimum absolute atomic E-state index is 1.14. The number of thiophene rings is 1. The fourth-order valence-electron chi connectivity index (χ4n) is 6.86. The van der Waals surface area contributed by atoms with Gasteiger partial charge < -0.3 is 4.90 Å². The molecule has 0 spiro atoms. The topological polar surface area (TPSA) is 3.24 Å². The van der Waals surface area contributed by atoms with Crippen LogP contribution in [0.5, 0.6) is 0 Å². The number of hydrogen-bond acceptors (Lipinski definition) is 2. The van der Waals surface area contributed by atoms with E-state index in [4.69, 9.17) is 0 Å². The molecule has 0 N–H and O–H groups in total. The SMILES string of the molecule is c1ccc(-c2cccc(N(c3ccc4c5ccccc5c5ccccc5c4c3)c3cccc4sc5ccccc5c34)c2)cc1. The first-order valence-corrected chi connectivity index (χ1v) is 15.8. The molecule has 0 radical (unpaired) electrons. The van der Waals surface area contributed by atoms with Gasteiger partial charge in [0, 0.05) is 31.5 Å². The molecule has 1 nitrogen and oxygen atoms in total. The zero-order valence-corrected chi connectivity index (χ0v) is 24.8. The van der Waals surface area contributed by atoms with Crippen LogP contribution in [0.2, 0.25) is 0 Å². The zero-order valence-electron chi connectivity index (χ0n) is 23.9. The first-order valence-electron chi connectivity index (χ1n) is 15.0. The van der Waals surface area contributed by atoms with E-state index in [1.807, 2.05) is 11.3 Å². The molecule has 0 amide bonds. The van der Waals surface area contributed by atoms with Gasteiger partial charge in [-0.25, -0.2) is 0 Å². The maximum absolute atomic E-state index is 2.46. The van der Waals surface area contributed by atoms with Crippen molar-refractivity contribution in [2.24, 2.45) is 0 Å². The van der Waals surface area contributed by atoms with Gasteiger partial charge in [-0.1, -0.05) is 121 Å². The third kappa shape index (κ3) is 3.92. The van der Waals surface area contributed by atoms with Gasteiger partial charge in [-0.3, -0.25) is 0 Å². The minimum Gasteiger partial charge on any atom is -0.310 e. The second kappa shape index (κ2) is 10.1. The molecule has 206 valence electrons. The van der Waals surface area contributed by atoms with E-state index in [9.17, 15) is 0 Å². The standard InChI is InChI=1S/C42H27NS/c1-2-12-28(13-3-1)29-14-10-15-30(26-29)43(39-21-11-23-41-42(39)37-20-8-9-22-40(37)44-41)31-24-25-36-34-18-5-4-16-32(34)33-17-6-7-19-35(33)38(36)27-31/h1-27H. The Morgan fingerprint density at radius 1 is 0.341 bits per heavy atom. The molecule has 0 unspecified atom stereocenters. The van der Waals surface area contributed by atoms with Crippen LogP contribution in [-0.4, -0.2) is 0 Å². The maximum Gasteiger partial charge on any atom is 0.0554 e. The number of rotatable bonds is 4. The van der Waals surface area contributed by atoms with Crippen LogP contribution in [0.4, 0.5) is 17.1 Å². The van der Waals surface area contributed by atoms with E-state index >= 15 is 0 Å². The molecule has 2 heteroatoms. The van der Waals surface area contributed by atoms with E-state index in [1.165, 1.54) is 69.3 Å². The van der Waals surface area contributed by atoms with Gasteiger partial charge in [-0.15, -0.1) is 11.3 Å². The molecule has 0 saturated carbocycles. The Bertz CT molecular complexity index is 2470. The van der Waals surface area contributed by atoms with E-state index in [2.05, 4.69) is 169 Å². The molecule has 44 heavy (non-hydrogen) atoms. The van der Waals surface area contributed by atoms with E-state index < -0.39 is 0 Å². The molecule has 0 aliphatic carbocycles. The number of anilines is 3. The summed E-state index contributed by atoms with van der Waals surface area (Å²) in [5, 5.41) is 10.3. The summed E-state index contributed by atoms with van der Waals surface area (Å²) in [6.07, 6.45) is 0. The zero-order chi connectivity index (χ0) is 29.0. The summed E-state index contributed by atoms with van der Waals surface area (Å²) in [7, 11) is 0. The highest BCUT2D eigenvalue weighted by Crippen LogP contribution is 2.46. The van der Waals surface area contributed by atoms with Crippen LogP contribution >= 0.6 is 11.3 Å². The molecule has 1 aromatic heterocycles. The summed E-state index contributed by atoms with van der Waals surface area (Å²) in [6, 6.07) is 59.7. The first-order chi connectivity index (χ1) is 21.8. The lowest BCUT2D eigenvalue weighted by Crippen LogP contribution is -2.10. The van der Waals surface area contributed by atoms with E-state index in [0.29, 0.717) is 0 Å². The van der Waals surface area contributed by atoms with Gasteiger partial charge in [-0.2, -0.15) is 0 Å². The van der Waals surface area contributed by atoms with Gasteiger partial charge in [0.1, 0.15) is 0 Å². The Kier molecular flexibility index (Phi) is 5.75. The molecular formula is C42H27NS. The first kappa shape index (κ1) is 25.1. The molecule has 0 aliphatic rings. The average Bonchev–Trinajstić information content (AvgIpc) is 3.49. The van der Waals surface area contributed by atoms with Crippen molar-refractivity contribution in [2.75, 3.05) is 4.90 Å². The Morgan fingerprint density at radius 3 is 1.64 bits per heavy atom. The molecule has 1 heterocycles. The van der Waals surface area contributed by atoms with E-state index in [-0.39, 0.29) is 0 Å². The van der Waals surface area contributed by atoms with Gasteiger partial charge in [0.05, 0.1) is 5.69 Å². The lowest BCUT2D eigenvalue weighted by atomic mass is 9.94. The Hall–Kier alpha value is -5.44. The van der Waals surface area contributed by atoms with Gasteiger partial charge in [-0.05, 0) is 85.9 Å². The molecule has 8 aromatic carbocycles. The minimum atomic E-state index is 1.14. The predicted molar refractivity (Wildman–Crippen MR) is 192 cm³/mol.